The average Bonchev–Trinajstić information content (AvgIpc) is 2.35. The molecule has 0 radical (unpaired) electrons. The maximum Gasteiger partial charge on any atom is 0.126 e. The summed E-state index contributed by atoms with van der Waals surface area (Å²) in [6.07, 6.45) is 0. The molecular formula is C13H20BrN3O. The Kier molecular flexibility index (Phi) is 4.97. The van der Waals surface area contributed by atoms with Crippen molar-refractivity contribution in [3.05, 3.63) is 22.3 Å². The molecule has 1 aromatic rings. The van der Waals surface area contributed by atoms with Gasteiger partial charge in [0.2, 0.25) is 0 Å². The van der Waals surface area contributed by atoms with Crippen molar-refractivity contribution in [2.75, 3.05) is 38.2 Å². The third-order valence-corrected chi connectivity index (χ3v) is 3.89. The Labute approximate surface area is 117 Å². The van der Waals surface area contributed by atoms with E-state index in [1.54, 1.807) is 0 Å². The van der Waals surface area contributed by atoms with E-state index in [2.05, 4.69) is 38.1 Å². The van der Waals surface area contributed by atoms with Gasteiger partial charge in [0.25, 0.3) is 0 Å². The van der Waals surface area contributed by atoms with Crippen molar-refractivity contribution in [3.8, 4) is 0 Å². The maximum atomic E-state index is 5.35. The molecule has 1 aromatic heterocycles. The van der Waals surface area contributed by atoms with E-state index < -0.39 is 0 Å². The first-order chi connectivity index (χ1) is 8.65. The van der Waals surface area contributed by atoms with Gasteiger partial charge in [-0.15, -0.1) is 0 Å². The standard InChI is InChI=1S/C13H20BrN3O/c1-10(9-17-5-7-18-8-6-17)15-13-4-3-12(14)11(2)16-13/h3-4,10H,5-9H2,1-2H3,(H,15,16). The third kappa shape index (κ3) is 3.93. The van der Waals surface area contributed by atoms with Gasteiger partial charge in [0.05, 0.1) is 18.9 Å². The van der Waals surface area contributed by atoms with Gasteiger partial charge in [0.1, 0.15) is 5.82 Å². The first-order valence-electron chi connectivity index (χ1n) is 6.35. The zero-order valence-electron chi connectivity index (χ0n) is 10.9. The number of rotatable bonds is 4. The van der Waals surface area contributed by atoms with Crippen molar-refractivity contribution in [1.29, 1.82) is 0 Å². The number of aryl methyl sites for hydroxylation is 1. The highest BCUT2D eigenvalue weighted by Gasteiger charge is 2.13. The van der Waals surface area contributed by atoms with Gasteiger partial charge in [-0.25, -0.2) is 4.98 Å². The summed E-state index contributed by atoms with van der Waals surface area (Å²) in [5, 5.41) is 3.44. The molecule has 1 N–H and O–H groups in total. The lowest BCUT2D eigenvalue weighted by Gasteiger charge is -2.29. The average molecular weight is 314 g/mol. The fourth-order valence-electron chi connectivity index (χ4n) is 2.09. The molecule has 1 saturated heterocycles. The van der Waals surface area contributed by atoms with E-state index in [4.69, 9.17) is 4.74 Å². The summed E-state index contributed by atoms with van der Waals surface area (Å²) in [6, 6.07) is 4.43. The topological polar surface area (TPSA) is 37.4 Å². The van der Waals surface area contributed by atoms with Crippen LogP contribution in [0.2, 0.25) is 0 Å². The number of hydrogen-bond acceptors (Lipinski definition) is 4. The van der Waals surface area contributed by atoms with Crippen LogP contribution in [0.4, 0.5) is 5.82 Å². The minimum Gasteiger partial charge on any atom is -0.379 e. The summed E-state index contributed by atoms with van der Waals surface area (Å²) in [4.78, 5) is 6.93. The van der Waals surface area contributed by atoms with E-state index in [1.165, 1.54) is 0 Å². The number of ether oxygens (including phenoxy) is 1. The van der Waals surface area contributed by atoms with Crippen molar-refractivity contribution in [3.63, 3.8) is 0 Å². The van der Waals surface area contributed by atoms with E-state index >= 15 is 0 Å². The lowest BCUT2D eigenvalue weighted by atomic mass is 10.2. The molecule has 0 aliphatic carbocycles. The molecule has 1 aliphatic heterocycles. The molecule has 1 atom stereocenters. The SMILES string of the molecule is Cc1nc(NC(C)CN2CCOCC2)ccc1Br. The van der Waals surface area contributed by atoms with E-state index in [0.29, 0.717) is 6.04 Å². The number of halogens is 1. The summed E-state index contributed by atoms with van der Waals surface area (Å²) in [5.41, 5.74) is 1.01. The monoisotopic (exact) mass is 313 g/mol. The van der Waals surface area contributed by atoms with E-state index in [-0.39, 0.29) is 0 Å². The fourth-order valence-corrected chi connectivity index (χ4v) is 2.31. The normalized spacial score (nSPS) is 18.6. The van der Waals surface area contributed by atoms with Crippen molar-refractivity contribution in [1.82, 2.24) is 9.88 Å². The Morgan fingerprint density at radius 2 is 2.17 bits per heavy atom. The van der Waals surface area contributed by atoms with Crippen LogP contribution in [0.15, 0.2) is 16.6 Å². The summed E-state index contributed by atoms with van der Waals surface area (Å²) in [6.45, 7) is 8.97. The van der Waals surface area contributed by atoms with Crippen LogP contribution < -0.4 is 5.32 Å². The Morgan fingerprint density at radius 3 is 2.83 bits per heavy atom. The molecule has 2 rings (SSSR count). The van der Waals surface area contributed by atoms with Gasteiger partial charge < -0.3 is 10.1 Å². The Hall–Kier alpha value is -0.650. The molecule has 5 heteroatoms. The molecule has 4 nitrogen and oxygen atoms in total. The van der Waals surface area contributed by atoms with Crippen molar-refractivity contribution < 1.29 is 4.74 Å². The molecule has 0 bridgehead atoms. The molecule has 0 saturated carbocycles. The van der Waals surface area contributed by atoms with Crippen LogP contribution in [0.25, 0.3) is 0 Å². The smallest absolute Gasteiger partial charge is 0.126 e. The predicted octanol–water partition coefficient (Wildman–Crippen LogP) is 2.29. The number of anilines is 1. The molecule has 0 aromatic carbocycles. The number of aromatic nitrogens is 1. The zero-order chi connectivity index (χ0) is 13.0. The van der Waals surface area contributed by atoms with Crippen LogP contribution in [-0.4, -0.2) is 48.8 Å². The van der Waals surface area contributed by atoms with Gasteiger partial charge in [0.15, 0.2) is 0 Å². The van der Waals surface area contributed by atoms with Gasteiger partial charge in [-0.3, -0.25) is 4.90 Å². The van der Waals surface area contributed by atoms with Gasteiger partial charge in [0, 0.05) is 30.1 Å². The van der Waals surface area contributed by atoms with Gasteiger partial charge >= 0.3 is 0 Å². The van der Waals surface area contributed by atoms with E-state index in [9.17, 15) is 0 Å². The molecule has 18 heavy (non-hydrogen) atoms. The molecule has 1 aliphatic rings. The van der Waals surface area contributed by atoms with Crippen molar-refractivity contribution in [2.45, 2.75) is 19.9 Å². The second kappa shape index (κ2) is 6.50. The summed E-state index contributed by atoms with van der Waals surface area (Å²) in [5.74, 6) is 0.941. The van der Waals surface area contributed by atoms with Crippen LogP contribution >= 0.6 is 15.9 Å². The first-order valence-corrected chi connectivity index (χ1v) is 7.14. The molecular weight excluding hydrogens is 294 g/mol. The largest absolute Gasteiger partial charge is 0.379 e. The number of nitrogens with zero attached hydrogens (tertiary/aromatic N) is 2. The Balaban J connectivity index is 1.85. The van der Waals surface area contributed by atoms with Gasteiger partial charge in [-0.05, 0) is 41.9 Å². The zero-order valence-corrected chi connectivity index (χ0v) is 12.5. The van der Waals surface area contributed by atoms with Crippen LogP contribution in [0.3, 0.4) is 0 Å². The lowest BCUT2D eigenvalue weighted by Crippen LogP contribution is -2.42. The number of pyridine rings is 1. The highest BCUT2D eigenvalue weighted by molar-refractivity contribution is 9.10. The Morgan fingerprint density at radius 1 is 1.44 bits per heavy atom. The molecule has 100 valence electrons. The van der Waals surface area contributed by atoms with Crippen molar-refractivity contribution >= 4 is 21.7 Å². The lowest BCUT2D eigenvalue weighted by molar-refractivity contribution is 0.0368. The molecule has 1 fully saturated rings. The predicted molar refractivity (Wildman–Crippen MR) is 77.0 cm³/mol. The quantitative estimate of drug-likeness (QED) is 0.925. The van der Waals surface area contributed by atoms with Crippen molar-refractivity contribution in [2.24, 2.45) is 0 Å². The second-order valence-electron chi connectivity index (χ2n) is 4.72. The van der Waals surface area contributed by atoms with Gasteiger partial charge in [-0.2, -0.15) is 0 Å². The number of morpholine rings is 1. The minimum atomic E-state index is 0.385. The van der Waals surface area contributed by atoms with Crippen LogP contribution in [0.1, 0.15) is 12.6 Å². The maximum absolute atomic E-state index is 5.35. The Bertz CT molecular complexity index is 394. The minimum absolute atomic E-state index is 0.385. The van der Waals surface area contributed by atoms with Crippen LogP contribution in [0, 0.1) is 6.92 Å². The van der Waals surface area contributed by atoms with Crippen LogP contribution in [-0.2, 0) is 4.74 Å². The van der Waals surface area contributed by atoms with Crippen LogP contribution in [0.5, 0.6) is 0 Å². The van der Waals surface area contributed by atoms with E-state index in [0.717, 1.165) is 48.8 Å². The highest BCUT2D eigenvalue weighted by atomic mass is 79.9. The third-order valence-electron chi connectivity index (χ3n) is 3.05. The second-order valence-corrected chi connectivity index (χ2v) is 5.58. The first kappa shape index (κ1) is 13.8. The molecule has 1 unspecified atom stereocenters. The highest BCUT2D eigenvalue weighted by Crippen LogP contribution is 2.16. The molecule has 2 heterocycles. The summed E-state index contributed by atoms with van der Waals surface area (Å²) >= 11 is 3.46. The van der Waals surface area contributed by atoms with E-state index in [1.807, 2.05) is 19.1 Å². The molecule has 0 spiro atoms. The number of hydrogen-bond donors (Lipinski definition) is 1. The summed E-state index contributed by atoms with van der Waals surface area (Å²) in [7, 11) is 0. The fraction of sp³-hybridized carbons (Fsp3) is 0.615. The van der Waals surface area contributed by atoms with Gasteiger partial charge in [-0.1, -0.05) is 0 Å². The number of nitrogens with one attached hydrogen (secondary N) is 1. The summed E-state index contributed by atoms with van der Waals surface area (Å²) < 4.78 is 6.40. The molecule has 0 amide bonds.